The third-order valence-electron chi connectivity index (χ3n) is 6.30. The first-order chi connectivity index (χ1) is 12.7. The Morgan fingerprint density at radius 3 is 2.62 bits per heavy atom. The van der Waals surface area contributed by atoms with Crippen LogP contribution in [0.25, 0.3) is 0 Å². The van der Waals surface area contributed by atoms with Crippen LogP contribution in [0.5, 0.6) is 0 Å². The normalized spacial score (nSPS) is 29.5. The van der Waals surface area contributed by atoms with Crippen LogP contribution in [-0.2, 0) is 16.0 Å². The van der Waals surface area contributed by atoms with Crippen molar-refractivity contribution in [3.63, 3.8) is 0 Å². The number of benzene rings is 1. The molecule has 0 spiro atoms. The third-order valence-corrected chi connectivity index (χ3v) is 6.30. The number of rotatable bonds is 6. The van der Waals surface area contributed by atoms with E-state index in [4.69, 9.17) is 10.1 Å². The molecule has 4 rings (SSSR count). The zero-order chi connectivity index (χ0) is 17.9. The SMILES string of the molecule is N=C[C@H](Cc1ccc(C2CCOCC2)cc1)NC(=O)[C@H]1N[C@@H]2CC[C@H]1C2. The summed E-state index contributed by atoms with van der Waals surface area (Å²) < 4.78 is 5.44. The lowest BCUT2D eigenvalue weighted by Crippen LogP contribution is -2.51. The zero-order valence-electron chi connectivity index (χ0n) is 15.2. The van der Waals surface area contributed by atoms with E-state index in [1.165, 1.54) is 18.2 Å². The van der Waals surface area contributed by atoms with Gasteiger partial charge in [-0.25, -0.2) is 0 Å². The predicted molar refractivity (Wildman–Crippen MR) is 102 cm³/mol. The van der Waals surface area contributed by atoms with Gasteiger partial charge in [0.2, 0.25) is 5.91 Å². The second-order valence-corrected chi connectivity index (χ2v) is 8.03. The Balaban J connectivity index is 1.32. The molecule has 2 aliphatic heterocycles. The van der Waals surface area contributed by atoms with Crippen LogP contribution in [0.3, 0.4) is 0 Å². The predicted octanol–water partition coefficient (Wildman–Crippen LogP) is 2.40. The largest absolute Gasteiger partial charge is 0.381 e. The van der Waals surface area contributed by atoms with Crippen LogP contribution in [-0.4, -0.2) is 43.5 Å². The van der Waals surface area contributed by atoms with E-state index in [9.17, 15) is 4.79 Å². The Labute approximate surface area is 155 Å². The number of nitrogens with one attached hydrogen (secondary N) is 3. The van der Waals surface area contributed by atoms with Gasteiger partial charge in [0.15, 0.2) is 0 Å². The highest BCUT2D eigenvalue weighted by Gasteiger charge is 2.42. The zero-order valence-corrected chi connectivity index (χ0v) is 15.2. The lowest BCUT2D eigenvalue weighted by atomic mass is 9.90. The summed E-state index contributed by atoms with van der Waals surface area (Å²) in [6, 6.07) is 8.90. The molecule has 3 fully saturated rings. The Morgan fingerprint density at radius 2 is 2.00 bits per heavy atom. The fourth-order valence-corrected chi connectivity index (χ4v) is 4.79. The number of amides is 1. The number of hydrogen-bond acceptors (Lipinski definition) is 4. The fraction of sp³-hybridized carbons (Fsp3) is 0.619. The fourth-order valence-electron chi connectivity index (χ4n) is 4.79. The summed E-state index contributed by atoms with van der Waals surface area (Å²) >= 11 is 0. The first-order valence-corrected chi connectivity index (χ1v) is 9.96. The van der Waals surface area contributed by atoms with Crippen LogP contribution in [0.2, 0.25) is 0 Å². The van der Waals surface area contributed by atoms with Crippen molar-refractivity contribution < 1.29 is 9.53 Å². The molecule has 140 valence electrons. The molecule has 0 unspecified atom stereocenters. The molecule has 1 saturated carbocycles. The van der Waals surface area contributed by atoms with Gasteiger partial charge in [0.25, 0.3) is 0 Å². The topological polar surface area (TPSA) is 74.2 Å². The van der Waals surface area contributed by atoms with Crippen molar-refractivity contribution in [1.29, 1.82) is 5.41 Å². The molecular formula is C21H29N3O2. The number of ether oxygens (including phenoxy) is 1. The van der Waals surface area contributed by atoms with Gasteiger partial charge in [-0.3, -0.25) is 4.79 Å². The molecule has 3 aliphatic rings. The summed E-state index contributed by atoms with van der Waals surface area (Å²) in [5.41, 5.74) is 2.54. The van der Waals surface area contributed by atoms with Gasteiger partial charge in [0.1, 0.15) is 0 Å². The molecule has 0 radical (unpaired) electrons. The van der Waals surface area contributed by atoms with Gasteiger partial charge in [0, 0.05) is 25.5 Å². The molecule has 26 heavy (non-hydrogen) atoms. The second-order valence-electron chi connectivity index (χ2n) is 8.03. The smallest absolute Gasteiger partial charge is 0.237 e. The minimum Gasteiger partial charge on any atom is -0.381 e. The molecule has 2 bridgehead atoms. The lowest BCUT2D eigenvalue weighted by Gasteiger charge is -2.25. The van der Waals surface area contributed by atoms with Crippen molar-refractivity contribution in [2.45, 2.75) is 62.6 Å². The van der Waals surface area contributed by atoms with Gasteiger partial charge < -0.3 is 20.8 Å². The summed E-state index contributed by atoms with van der Waals surface area (Å²) in [5.74, 6) is 1.13. The number of carbonyl (C=O) groups is 1. The van der Waals surface area contributed by atoms with Crippen molar-refractivity contribution >= 4 is 12.1 Å². The quantitative estimate of drug-likeness (QED) is 0.686. The third kappa shape index (κ3) is 3.84. The van der Waals surface area contributed by atoms with Gasteiger partial charge in [-0.15, -0.1) is 0 Å². The summed E-state index contributed by atoms with van der Waals surface area (Å²) in [7, 11) is 0. The highest BCUT2D eigenvalue weighted by Crippen LogP contribution is 2.35. The van der Waals surface area contributed by atoms with Crippen LogP contribution in [0.1, 0.15) is 49.1 Å². The van der Waals surface area contributed by atoms with E-state index >= 15 is 0 Å². The molecular weight excluding hydrogens is 326 g/mol. The molecule has 1 aliphatic carbocycles. The van der Waals surface area contributed by atoms with E-state index in [1.54, 1.807) is 0 Å². The number of carbonyl (C=O) groups excluding carboxylic acids is 1. The van der Waals surface area contributed by atoms with Gasteiger partial charge in [-0.1, -0.05) is 24.3 Å². The Morgan fingerprint density at radius 1 is 1.23 bits per heavy atom. The molecule has 3 N–H and O–H groups in total. The molecule has 2 saturated heterocycles. The van der Waals surface area contributed by atoms with Crippen LogP contribution in [0.4, 0.5) is 0 Å². The molecule has 4 atom stereocenters. The molecule has 0 aromatic heterocycles. The maximum absolute atomic E-state index is 12.6. The van der Waals surface area contributed by atoms with E-state index in [0.717, 1.165) is 44.5 Å². The highest BCUT2D eigenvalue weighted by molar-refractivity contribution is 5.85. The van der Waals surface area contributed by atoms with Crippen molar-refractivity contribution in [2.24, 2.45) is 5.92 Å². The summed E-state index contributed by atoms with van der Waals surface area (Å²) in [4.78, 5) is 12.6. The monoisotopic (exact) mass is 355 g/mol. The van der Waals surface area contributed by atoms with Crippen molar-refractivity contribution in [1.82, 2.24) is 10.6 Å². The number of piperidine rings is 1. The maximum Gasteiger partial charge on any atom is 0.237 e. The van der Waals surface area contributed by atoms with Crippen molar-refractivity contribution in [3.05, 3.63) is 35.4 Å². The van der Waals surface area contributed by atoms with E-state index in [-0.39, 0.29) is 18.0 Å². The standard InChI is InChI=1S/C21H29N3O2/c22-13-19(24-21(25)20-17-5-6-18(12-17)23-20)11-14-1-3-15(4-2-14)16-7-9-26-10-8-16/h1-4,13,16-20,22-23H,5-12H2,(H,24,25)/t17-,18+,19-,20-/m0/s1. The lowest BCUT2D eigenvalue weighted by molar-refractivity contribution is -0.124. The molecule has 1 aromatic rings. The van der Waals surface area contributed by atoms with E-state index in [0.29, 0.717) is 24.3 Å². The molecule has 5 nitrogen and oxygen atoms in total. The number of fused-ring (bicyclic) bond motifs is 2. The minimum atomic E-state index is -0.239. The van der Waals surface area contributed by atoms with Crippen LogP contribution in [0, 0.1) is 11.3 Å². The Bertz CT molecular complexity index is 639. The summed E-state index contributed by atoms with van der Waals surface area (Å²) in [5, 5.41) is 14.2. The van der Waals surface area contributed by atoms with Gasteiger partial charge in [-0.05, 0) is 61.5 Å². The number of hydrogen-bond donors (Lipinski definition) is 3. The van der Waals surface area contributed by atoms with Crippen molar-refractivity contribution in [3.8, 4) is 0 Å². The Hall–Kier alpha value is -1.72. The first-order valence-electron chi connectivity index (χ1n) is 9.96. The first kappa shape index (κ1) is 17.7. The average Bonchev–Trinajstić information content (AvgIpc) is 3.32. The van der Waals surface area contributed by atoms with E-state index < -0.39 is 0 Å². The highest BCUT2D eigenvalue weighted by atomic mass is 16.5. The van der Waals surface area contributed by atoms with Crippen LogP contribution >= 0.6 is 0 Å². The van der Waals surface area contributed by atoms with E-state index in [2.05, 4.69) is 34.9 Å². The summed E-state index contributed by atoms with van der Waals surface area (Å²) in [6.07, 6.45) is 7.69. The van der Waals surface area contributed by atoms with Crippen LogP contribution in [0.15, 0.2) is 24.3 Å². The van der Waals surface area contributed by atoms with E-state index in [1.807, 2.05) is 0 Å². The van der Waals surface area contributed by atoms with Crippen molar-refractivity contribution in [2.75, 3.05) is 13.2 Å². The van der Waals surface area contributed by atoms with Gasteiger partial charge >= 0.3 is 0 Å². The Kier molecular flexibility index (Phi) is 5.36. The maximum atomic E-state index is 12.6. The minimum absolute atomic E-state index is 0.0597. The molecule has 5 heteroatoms. The molecule has 1 amide bonds. The summed E-state index contributed by atoms with van der Waals surface area (Å²) in [6.45, 7) is 1.71. The second kappa shape index (κ2) is 7.89. The van der Waals surface area contributed by atoms with Crippen LogP contribution < -0.4 is 10.6 Å². The average molecular weight is 355 g/mol. The van der Waals surface area contributed by atoms with Gasteiger partial charge in [-0.2, -0.15) is 0 Å². The van der Waals surface area contributed by atoms with Gasteiger partial charge in [0.05, 0.1) is 12.1 Å². The molecule has 1 aromatic carbocycles. The molecule has 2 heterocycles.